The molecule has 0 heterocycles. The van der Waals surface area contributed by atoms with Crippen LogP contribution in [0.1, 0.15) is 42.2 Å². The van der Waals surface area contributed by atoms with E-state index in [-0.39, 0.29) is 35.1 Å². The van der Waals surface area contributed by atoms with Crippen molar-refractivity contribution >= 4 is 29.5 Å². The van der Waals surface area contributed by atoms with Crippen LogP contribution in [0.3, 0.4) is 0 Å². The van der Waals surface area contributed by atoms with Crippen LogP contribution in [0.4, 0.5) is 0 Å². The summed E-state index contributed by atoms with van der Waals surface area (Å²) in [4.78, 5) is 60.8. The number of methoxy groups -OCH3 is 2. The van der Waals surface area contributed by atoms with Crippen molar-refractivity contribution in [3.63, 3.8) is 0 Å². The number of carbonyl (C=O) groups is 5. The van der Waals surface area contributed by atoms with Crippen molar-refractivity contribution in [1.82, 2.24) is 0 Å². The number of ketones is 2. The van der Waals surface area contributed by atoms with Crippen molar-refractivity contribution in [3.8, 4) is 0 Å². The molecule has 0 radical (unpaired) electrons. The van der Waals surface area contributed by atoms with Gasteiger partial charge in [0.25, 0.3) is 0 Å². The molecule has 2 aliphatic rings. The van der Waals surface area contributed by atoms with Gasteiger partial charge in [0.2, 0.25) is 0 Å². The second kappa shape index (κ2) is 5.91. The summed E-state index contributed by atoms with van der Waals surface area (Å²) in [6, 6.07) is 1.37. The fourth-order valence-electron chi connectivity index (χ4n) is 3.60. The highest BCUT2D eigenvalue weighted by Gasteiger charge is 2.54. The van der Waals surface area contributed by atoms with Crippen LogP contribution in [0.15, 0.2) is 18.2 Å². The first kappa shape index (κ1) is 17.5. The molecule has 2 aliphatic carbocycles. The summed E-state index contributed by atoms with van der Waals surface area (Å²) in [5, 5.41) is 9.65. The highest BCUT2D eigenvalue weighted by molar-refractivity contribution is 6.25. The minimum atomic E-state index is -1.75. The van der Waals surface area contributed by atoms with Crippen LogP contribution < -0.4 is 0 Å². The number of hydrogen-bond acceptors (Lipinski definition) is 7. The van der Waals surface area contributed by atoms with E-state index in [9.17, 15) is 29.1 Å². The Bertz CT molecular complexity index is 906. The first-order valence-electron chi connectivity index (χ1n) is 7.62. The summed E-state index contributed by atoms with van der Waals surface area (Å²) < 4.78 is 9.45. The van der Waals surface area contributed by atoms with Gasteiger partial charge in [0.05, 0.1) is 19.8 Å². The van der Waals surface area contributed by atoms with E-state index in [0.717, 1.165) is 26.4 Å². The first-order chi connectivity index (χ1) is 12.3. The zero-order chi connectivity index (χ0) is 19.2. The lowest BCUT2D eigenvalue weighted by molar-refractivity contribution is -0.168. The lowest BCUT2D eigenvalue weighted by Crippen LogP contribution is -2.42. The van der Waals surface area contributed by atoms with Crippen molar-refractivity contribution in [1.29, 1.82) is 0 Å². The van der Waals surface area contributed by atoms with Crippen LogP contribution in [0.5, 0.6) is 0 Å². The van der Waals surface area contributed by atoms with Gasteiger partial charge in [-0.25, -0.2) is 4.79 Å². The van der Waals surface area contributed by atoms with Crippen LogP contribution in [-0.4, -0.2) is 48.8 Å². The third-order valence-electron chi connectivity index (χ3n) is 4.76. The molecule has 0 fully saturated rings. The molecule has 0 spiro atoms. The Morgan fingerprint density at radius 3 is 2.12 bits per heavy atom. The lowest BCUT2D eigenvalue weighted by Gasteiger charge is -2.22. The van der Waals surface area contributed by atoms with E-state index in [1.165, 1.54) is 6.07 Å². The van der Waals surface area contributed by atoms with E-state index in [1.54, 1.807) is 0 Å². The number of esters is 2. The van der Waals surface area contributed by atoms with E-state index in [2.05, 4.69) is 0 Å². The van der Waals surface area contributed by atoms with Crippen LogP contribution in [0.25, 0.3) is 0 Å². The zero-order valence-electron chi connectivity index (χ0n) is 14.0. The fraction of sp³-hybridized carbons (Fsp3) is 0.278. The van der Waals surface area contributed by atoms with Crippen LogP contribution in [0.2, 0.25) is 0 Å². The molecule has 0 aliphatic heterocycles. The van der Waals surface area contributed by atoms with Crippen LogP contribution in [-0.2, 0) is 31.9 Å². The van der Waals surface area contributed by atoms with Gasteiger partial charge in [-0.3, -0.25) is 19.2 Å². The molecule has 8 nitrogen and oxygen atoms in total. The van der Waals surface area contributed by atoms with Gasteiger partial charge >= 0.3 is 17.9 Å². The number of benzene rings is 1. The minimum Gasteiger partial charge on any atom is -0.478 e. The highest BCUT2D eigenvalue weighted by Crippen LogP contribution is 2.43. The maximum Gasteiger partial charge on any atom is 0.336 e. The Morgan fingerprint density at radius 1 is 1.00 bits per heavy atom. The van der Waals surface area contributed by atoms with E-state index < -0.39 is 34.9 Å². The second-order valence-electron chi connectivity index (χ2n) is 6.10. The molecule has 8 heteroatoms. The SMILES string of the molecule is COC(=O)C1(C(=O)OC)Cc2cc3c(c(C(=O)O)c2C1)C(=O)C=CC3=O. The van der Waals surface area contributed by atoms with Crippen molar-refractivity contribution in [2.45, 2.75) is 12.8 Å². The minimum absolute atomic E-state index is 0.0563. The van der Waals surface area contributed by atoms with Crippen molar-refractivity contribution in [2.24, 2.45) is 5.41 Å². The number of carboxylic acid groups (broad SMARTS) is 1. The molecule has 1 aromatic carbocycles. The number of allylic oxidation sites excluding steroid dienone is 2. The first-order valence-corrected chi connectivity index (χ1v) is 7.62. The fourth-order valence-corrected chi connectivity index (χ4v) is 3.60. The predicted octanol–water partition coefficient (Wildman–Crippen LogP) is 0.751. The van der Waals surface area contributed by atoms with Gasteiger partial charge in [0.15, 0.2) is 17.0 Å². The molecule has 1 N–H and O–H groups in total. The quantitative estimate of drug-likeness (QED) is 0.620. The number of rotatable bonds is 3. The second-order valence-corrected chi connectivity index (χ2v) is 6.10. The van der Waals surface area contributed by atoms with Crippen LogP contribution in [0, 0.1) is 5.41 Å². The molecule has 1 aromatic rings. The summed E-state index contributed by atoms with van der Waals surface area (Å²) in [5.41, 5.74) is -1.92. The summed E-state index contributed by atoms with van der Waals surface area (Å²) in [5.74, 6) is -4.29. The third kappa shape index (κ3) is 2.26. The summed E-state index contributed by atoms with van der Waals surface area (Å²) >= 11 is 0. The molecule has 0 saturated carbocycles. The average molecular weight is 358 g/mol. The maximum absolute atomic E-state index is 12.3. The Labute approximate surface area is 147 Å². The summed E-state index contributed by atoms with van der Waals surface area (Å²) in [6.45, 7) is 0. The van der Waals surface area contributed by atoms with Gasteiger partial charge < -0.3 is 14.6 Å². The van der Waals surface area contributed by atoms with Crippen molar-refractivity contribution < 1.29 is 38.6 Å². The van der Waals surface area contributed by atoms with Gasteiger partial charge in [0.1, 0.15) is 0 Å². The van der Waals surface area contributed by atoms with E-state index in [0.29, 0.717) is 5.56 Å². The molecule has 3 rings (SSSR count). The number of hydrogen-bond donors (Lipinski definition) is 1. The molecule has 26 heavy (non-hydrogen) atoms. The van der Waals surface area contributed by atoms with Gasteiger partial charge in [-0.15, -0.1) is 0 Å². The normalized spacial score (nSPS) is 16.7. The lowest BCUT2D eigenvalue weighted by atomic mass is 9.84. The van der Waals surface area contributed by atoms with Crippen molar-refractivity contribution in [2.75, 3.05) is 14.2 Å². The van der Waals surface area contributed by atoms with E-state index in [1.807, 2.05) is 0 Å². The Hall–Kier alpha value is -3.29. The number of fused-ring (bicyclic) bond motifs is 2. The van der Waals surface area contributed by atoms with Crippen molar-refractivity contribution in [3.05, 3.63) is 46.0 Å². The predicted molar refractivity (Wildman–Crippen MR) is 85.1 cm³/mol. The van der Waals surface area contributed by atoms with Crippen LogP contribution >= 0.6 is 0 Å². The molecular weight excluding hydrogens is 344 g/mol. The number of aromatic carboxylic acids is 1. The topological polar surface area (TPSA) is 124 Å². The molecule has 0 aromatic heterocycles. The molecule has 0 bridgehead atoms. The summed E-state index contributed by atoms with van der Waals surface area (Å²) in [7, 11) is 2.21. The standard InChI is InChI=1S/C18H14O8/c1-25-16(23)18(17(24)26-2)6-8-5-9-11(19)3-4-12(20)13(9)14(15(21)22)10(8)7-18/h3-5H,6-7H2,1-2H3,(H,21,22). The number of carboxylic acids is 1. The molecule has 0 atom stereocenters. The maximum atomic E-state index is 12.3. The zero-order valence-corrected chi connectivity index (χ0v) is 14.0. The highest BCUT2D eigenvalue weighted by atomic mass is 16.5. The third-order valence-corrected chi connectivity index (χ3v) is 4.76. The molecule has 0 unspecified atom stereocenters. The molecule has 134 valence electrons. The number of carbonyl (C=O) groups excluding carboxylic acids is 4. The summed E-state index contributed by atoms with van der Waals surface area (Å²) in [6.07, 6.45) is 1.60. The van der Waals surface area contributed by atoms with Gasteiger partial charge in [-0.05, 0) is 35.8 Å². The smallest absolute Gasteiger partial charge is 0.336 e. The molecular formula is C18H14O8. The average Bonchev–Trinajstić information content (AvgIpc) is 3.01. The number of ether oxygens (including phenoxy) is 2. The van der Waals surface area contributed by atoms with Gasteiger partial charge in [-0.2, -0.15) is 0 Å². The Balaban J connectivity index is 2.29. The van der Waals surface area contributed by atoms with Gasteiger partial charge in [0, 0.05) is 17.5 Å². The molecule has 0 amide bonds. The Morgan fingerprint density at radius 2 is 1.58 bits per heavy atom. The monoisotopic (exact) mass is 358 g/mol. The van der Waals surface area contributed by atoms with E-state index in [4.69, 9.17) is 9.47 Å². The van der Waals surface area contributed by atoms with E-state index >= 15 is 0 Å². The largest absolute Gasteiger partial charge is 0.478 e. The van der Waals surface area contributed by atoms with Gasteiger partial charge in [-0.1, -0.05) is 0 Å². The molecule has 0 saturated heterocycles. The Kier molecular flexibility index (Phi) is 3.98.